The van der Waals surface area contributed by atoms with Gasteiger partial charge in [-0.25, -0.2) is 25.1 Å². The van der Waals surface area contributed by atoms with Gasteiger partial charge in [0.1, 0.15) is 23.7 Å². The summed E-state index contributed by atoms with van der Waals surface area (Å²) in [6.07, 6.45) is 2.36. The molecule has 0 saturated carbocycles. The van der Waals surface area contributed by atoms with Gasteiger partial charge in [0, 0.05) is 6.04 Å². The van der Waals surface area contributed by atoms with Gasteiger partial charge in [-0.05, 0) is 40.2 Å². The minimum absolute atomic E-state index is 0.217. The van der Waals surface area contributed by atoms with E-state index in [9.17, 15) is 14.5 Å². The number of imidazole rings is 1. The first-order valence-electron chi connectivity index (χ1n) is 10.9. The zero-order chi connectivity index (χ0) is 25.1. The predicted octanol–water partition coefficient (Wildman–Crippen LogP) is 3.08. The van der Waals surface area contributed by atoms with Crippen LogP contribution in [0.15, 0.2) is 36.9 Å². The van der Waals surface area contributed by atoms with E-state index < -0.39 is 19.0 Å². The molecule has 0 aliphatic heterocycles. The minimum Gasteiger partial charge on any atom is -0.480 e. The Labute approximate surface area is 198 Å². The molecule has 2 unspecified atom stereocenters. The third-order valence-electron chi connectivity index (χ3n) is 5.40. The van der Waals surface area contributed by atoms with Gasteiger partial charge in [-0.15, -0.1) is 0 Å². The van der Waals surface area contributed by atoms with E-state index in [1.165, 1.54) is 20.2 Å². The molecular formula is C22H32N7O4P. The molecule has 0 amide bonds. The molecule has 3 rings (SSSR count). The third-order valence-corrected chi connectivity index (χ3v) is 7.64. The normalized spacial score (nSPS) is 15.7. The van der Waals surface area contributed by atoms with E-state index in [1.54, 1.807) is 10.9 Å². The topological polar surface area (TPSA) is 157 Å². The van der Waals surface area contributed by atoms with Crippen LogP contribution in [0.25, 0.3) is 11.2 Å². The maximum absolute atomic E-state index is 13.9. The molecule has 2 heterocycles. The molecule has 0 fully saturated rings. The second-order valence-corrected chi connectivity index (χ2v) is 11.2. The Kier molecular flexibility index (Phi) is 7.72. The number of carbonyl (C=O) groups is 1. The number of carboxylic acids is 1. The van der Waals surface area contributed by atoms with Gasteiger partial charge in [-0.3, -0.25) is 9.36 Å². The molecule has 0 radical (unpaired) electrons. The Morgan fingerprint density at radius 1 is 1.24 bits per heavy atom. The van der Waals surface area contributed by atoms with Gasteiger partial charge < -0.3 is 20.1 Å². The highest BCUT2D eigenvalue weighted by molar-refractivity contribution is 7.59. The number of hydrogen-bond acceptors (Lipinski definition) is 7. The molecule has 3 atom stereocenters. The zero-order valence-corrected chi connectivity index (χ0v) is 20.9. The van der Waals surface area contributed by atoms with Crippen molar-refractivity contribution < 1.29 is 19.2 Å². The van der Waals surface area contributed by atoms with E-state index >= 15 is 0 Å². The number of fused-ring (bicyclic) bond motifs is 1. The molecular weight excluding hydrogens is 457 g/mol. The summed E-state index contributed by atoms with van der Waals surface area (Å²) < 4.78 is 21.6. The van der Waals surface area contributed by atoms with Crippen LogP contribution in [0.1, 0.15) is 44.9 Å². The van der Waals surface area contributed by atoms with Crippen LogP contribution in [0.5, 0.6) is 0 Å². The second kappa shape index (κ2) is 10.2. The maximum atomic E-state index is 13.9. The van der Waals surface area contributed by atoms with Crippen LogP contribution in [0.4, 0.5) is 5.82 Å². The number of carboxylic acid groups (broad SMARTS) is 1. The van der Waals surface area contributed by atoms with Crippen molar-refractivity contribution in [2.45, 2.75) is 58.8 Å². The minimum atomic E-state index is -3.50. The molecule has 0 spiro atoms. The summed E-state index contributed by atoms with van der Waals surface area (Å²) >= 11 is 0. The van der Waals surface area contributed by atoms with Crippen LogP contribution in [-0.4, -0.2) is 48.6 Å². The van der Waals surface area contributed by atoms with Gasteiger partial charge in [0.15, 0.2) is 11.5 Å². The van der Waals surface area contributed by atoms with Crippen LogP contribution < -0.4 is 15.9 Å². The fourth-order valence-electron chi connectivity index (χ4n) is 3.44. The number of aryl methyl sites for hydroxylation is 1. The van der Waals surface area contributed by atoms with Crippen molar-refractivity contribution in [2.75, 3.05) is 12.1 Å². The average Bonchev–Trinajstić information content (AvgIpc) is 3.16. The van der Waals surface area contributed by atoms with Crippen LogP contribution >= 0.6 is 7.44 Å². The number of anilines is 1. The molecule has 184 valence electrons. The molecule has 3 aromatic rings. The lowest BCUT2D eigenvalue weighted by Crippen LogP contribution is -2.47. The van der Waals surface area contributed by atoms with E-state index in [2.05, 4.69) is 25.1 Å². The van der Waals surface area contributed by atoms with Gasteiger partial charge in [0.2, 0.25) is 7.44 Å². The standard InChI is InChI=1S/C22H32N7O4P/c1-14-6-8-17(9-7-14)16(3)27-34(32,28-22(4,5)21(30)31)13-33-15(2)10-29-12-26-18-19(23)24-11-25-20(18)29/h6-9,11-12,15-16H,10,13H2,1-5H3,(H,30,31)(H2,23,24,25)(H2,27,28,32)/t15?,16-,34?/m0/s1. The number of nitrogens with one attached hydrogen (secondary N) is 2. The average molecular weight is 490 g/mol. The van der Waals surface area contributed by atoms with Gasteiger partial charge in [-0.1, -0.05) is 29.8 Å². The molecule has 5 N–H and O–H groups in total. The lowest BCUT2D eigenvalue weighted by atomic mass is 10.1. The molecule has 0 bridgehead atoms. The van der Waals surface area contributed by atoms with Crippen molar-refractivity contribution in [3.63, 3.8) is 0 Å². The quantitative estimate of drug-likeness (QED) is 0.295. The fraction of sp³-hybridized carbons (Fsp3) is 0.455. The highest BCUT2D eigenvalue weighted by atomic mass is 31.2. The summed E-state index contributed by atoms with van der Waals surface area (Å²) in [5.41, 5.74) is 7.52. The first-order valence-corrected chi connectivity index (χ1v) is 12.8. The lowest BCUT2D eigenvalue weighted by Gasteiger charge is -2.32. The van der Waals surface area contributed by atoms with Crippen molar-refractivity contribution in [1.29, 1.82) is 0 Å². The summed E-state index contributed by atoms with van der Waals surface area (Å²) in [6.45, 7) is 8.99. The number of ether oxygens (including phenoxy) is 1. The van der Waals surface area contributed by atoms with Crippen molar-refractivity contribution in [3.05, 3.63) is 48.0 Å². The smallest absolute Gasteiger partial charge is 0.323 e. The van der Waals surface area contributed by atoms with Crippen LogP contribution in [-0.2, 0) is 20.6 Å². The SMILES string of the molecule is Cc1ccc([C@H](C)NP(=O)(COC(C)Cn2cnc3c(N)ncnc32)NC(C)(C)C(=O)O)cc1. The second-order valence-electron chi connectivity index (χ2n) is 8.98. The fourth-order valence-corrected chi connectivity index (χ4v) is 5.88. The Bertz CT molecular complexity index is 1200. The number of rotatable bonds is 11. The van der Waals surface area contributed by atoms with Crippen molar-refractivity contribution >= 4 is 30.4 Å². The third kappa shape index (κ3) is 6.18. The highest BCUT2D eigenvalue weighted by Gasteiger charge is 2.37. The monoisotopic (exact) mass is 489 g/mol. The zero-order valence-electron chi connectivity index (χ0n) is 20.0. The first-order chi connectivity index (χ1) is 15.9. The predicted molar refractivity (Wildman–Crippen MR) is 130 cm³/mol. The number of hydrogen-bond donors (Lipinski definition) is 4. The Hall–Kier alpha value is -2.85. The van der Waals surface area contributed by atoms with E-state index in [-0.39, 0.29) is 24.3 Å². The summed E-state index contributed by atoms with van der Waals surface area (Å²) in [4.78, 5) is 24.1. The van der Waals surface area contributed by atoms with Crippen molar-refractivity contribution in [3.8, 4) is 0 Å². The molecule has 12 heteroatoms. The number of aliphatic carboxylic acids is 1. The molecule has 1 aromatic carbocycles. The van der Waals surface area contributed by atoms with Gasteiger partial charge in [0.25, 0.3) is 0 Å². The van der Waals surface area contributed by atoms with Crippen LogP contribution in [0.2, 0.25) is 0 Å². The summed E-state index contributed by atoms with van der Waals surface area (Å²) in [5, 5.41) is 15.5. The molecule has 2 aromatic heterocycles. The number of nitrogens with two attached hydrogens (primary N) is 1. The molecule has 0 aliphatic carbocycles. The number of benzene rings is 1. The Morgan fingerprint density at radius 3 is 2.56 bits per heavy atom. The molecule has 0 aliphatic rings. The molecule has 0 saturated heterocycles. The molecule has 34 heavy (non-hydrogen) atoms. The van der Waals surface area contributed by atoms with E-state index in [0.29, 0.717) is 17.7 Å². The number of nitrogen functional groups attached to an aromatic ring is 1. The number of aromatic nitrogens is 4. The van der Waals surface area contributed by atoms with E-state index in [0.717, 1.165) is 11.1 Å². The van der Waals surface area contributed by atoms with Crippen LogP contribution in [0.3, 0.4) is 0 Å². The van der Waals surface area contributed by atoms with Gasteiger partial charge in [0.05, 0.1) is 19.0 Å². The van der Waals surface area contributed by atoms with E-state index in [1.807, 2.05) is 45.0 Å². The van der Waals surface area contributed by atoms with Crippen molar-refractivity contribution in [1.82, 2.24) is 29.7 Å². The summed E-state index contributed by atoms with van der Waals surface area (Å²) in [7, 11) is -3.50. The lowest BCUT2D eigenvalue weighted by molar-refractivity contribution is -0.142. The maximum Gasteiger partial charge on any atom is 0.323 e. The van der Waals surface area contributed by atoms with Gasteiger partial charge in [-0.2, -0.15) is 0 Å². The van der Waals surface area contributed by atoms with Gasteiger partial charge >= 0.3 is 5.97 Å². The number of nitrogens with zero attached hydrogens (tertiary/aromatic N) is 4. The summed E-state index contributed by atoms with van der Waals surface area (Å²) in [6, 6.07) is 7.52. The first kappa shape index (κ1) is 25.8. The Morgan fingerprint density at radius 2 is 1.91 bits per heavy atom. The Balaban J connectivity index is 1.74. The van der Waals surface area contributed by atoms with Crippen molar-refractivity contribution in [2.24, 2.45) is 0 Å². The summed E-state index contributed by atoms with van der Waals surface area (Å²) in [5.74, 6) is -0.830. The van der Waals surface area contributed by atoms with Crippen LogP contribution in [0, 0.1) is 6.92 Å². The van der Waals surface area contributed by atoms with E-state index in [4.69, 9.17) is 10.5 Å². The largest absolute Gasteiger partial charge is 0.480 e. The highest BCUT2D eigenvalue weighted by Crippen LogP contribution is 2.42. The molecule has 11 nitrogen and oxygen atoms in total.